The number of nitrogens with one attached hydrogen (secondary N) is 1. The normalized spacial score (nSPS) is 10.7. The molecule has 0 fully saturated rings. The van der Waals surface area contributed by atoms with Crippen LogP contribution in [0.1, 0.15) is 31.2 Å². The van der Waals surface area contributed by atoms with Crippen molar-refractivity contribution in [2.75, 3.05) is 12.4 Å². The predicted molar refractivity (Wildman–Crippen MR) is 93.0 cm³/mol. The molecule has 7 heteroatoms. The summed E-state index contributed by atoms with van der Waals surface area (Å²) in [4.78, 5) is 8.57. The average Bonchev–Trinajstić information content (AvgIpc) is 3.11. The van der Waals surface area contributed by atoms with E-state index in [0.717, 1.165) is 11.3 Å². The number of rotatable bonds is 7. The molecule has 1 N–H and O–H groups in total. The first kappa shape index (κ1) is 16.8. The number of benzene rings is 1. The number of aromatic nitrogens is 3. The lowest BCUT2D eigenvalue weighted by molar-refractivity contribution is 0.407. The molecule has 0 spiro atoms. The van der Waals surface area contributed by atoms with Crippen LogP contribution in [0.2, 0.25) is 0 Å². The molecule has 7 nitrogen and oxygen atoms in total. The SMILES string of the molecule is COc1cccc(Oc2ccc(CNc3nc(C(C)C)no3)cn2)c1. The number of hydrogen-bond acceptors (Lipinski definition) is 7. The molecule has 0 bridgehead atoms. The van der Waals surface area contributed by atoms with Gasteiger partial charge in [0.05, 0.1) is 7.11 Å². The molecular formula is C18H20N4O3. The molecule has 1 aromatic carbocycles. The molecule has 130 valence electrons. The fourth-order valence-corrected chi connectivity index (χ4v) is 2.08. The second-order valence-electron chi connectivity index (χ2n) is 5.75. The molecule has 0 unspecified atom stereocenters. The molecule has 0 aliphatic heterocycles. The Hall–Kier alpha value is -3.09. The van der Waals surface area contributed by atoms with E-state index in [1.165, 1.54) is 0 Å². The molecule has 3 aromatic rings. The smallest absolute Gasteiger partial charge is 0.321 e. The van der Waals surface area contributed by atoms with Crippen molar-refractivity contribution in [2.24, 2.45) is 0 Å². The first-order valence-corrected chi connectivity index (χ1v) is 7.98. The van der Waals surface area contributed by atoms with E-state index in [9.17, 15) is 0 Å². The van der Waals surface area contributed by atoms with Crippen LogP contribution >= 0.6 is 0 Å². The molecule has 0 aliphatic carbocycles. The van der Waals surface area contributed by atoms with Gasteiger partial charge in [-0.3, -0.25) is 0 Å². The fraction of sp³-hybridized carbons (Fsp3) is 0.278. The van der Waals surface area contributed by atoms with Crippen molar-refractivity contribution in [3.05, 3.63) is 54.0 Å². The van der Waals surface area contributed by atoms with Gasteiger partial charge in [0.15, 0.2) is 5.82 Å². The van der Waals surface area contributed by atoms with Crippen LogP contribution in [0.4, 0.5) is 6.01 Å². The summed E-state index contributed by atoms with van der Waals surface area (Å²) in [5, 5.41) is 6.99. The maximum atomic E-state index is 5.72. The van der Waals surface area contributed by atoms with Crippen molar-refractivity contribution in [2.45, 2.75) is 26.3 Å². The number of methoxy groups -OCH3 is 1. The van der Waals surface area contributed by atoms with Crippen LogP contribution in [0.25, 0.3) is 0 Å². The molecule has 2 aromatic heterocycles. The van der Waals surface area contributed by atoms with Crippen LogP contribution in [0.5, 0.6) is 17.4 Å². The summed E-state index contributed by atoms with van der Waals surface area (Å²) in [5.74, 6) is 2.83. The predicted octanol–water partition coefficient (Wildman–Crippen LogP) is 4.00. The minimum atomic E-state index is 0.231. The van der Waals surface area contributed by atoms with E-state index >= 15 is 0 Å². The third-order valence-electron chi connectivity index (χ3n) is 3.46. The molecule has 0 aliphatic rings. The number of ether oxygens (including phenoxy) is 2. The zero-order valence-corrected chi connectivity index (χ0v) is 14.4. The molecule has 2 heterocycles. The third-order valence-corrected chi connectivity index (χ3v) is 3.46. The minimum Gasteiger partial charge on any atom is -0.497 e. The highest BCUT2D eigenvalue weighted by molar-refractivity contribution is 5.35. The maximum Gasteiger partial charge on any atom is 0.321 e. The number of anilines is 1. The zero-order valence-electron chi connectivity index (χ0n) is 14.4. The van der Waals surface area contributed by atoms with Crippen LogP contribution in [-0.2, 0) is 6.54 Å². The van der Waals surface area contributed by atoms with Gasteiger partial charge in [0.25, 0.3) is 0 Å². The van der Waals surface area contributed by atoms with E-state index in [2.05, 4.69) is 20.4 Å². The molecule has 0 saturated heterocycles. The van der Waals surface area contributed by atoms with Gasteiger partial charge in [-0.1, -0.05) is 31.1 Å². The fourth-order valence-electron chi connectivity index (χ4n) is 2.08. The van der Waals surface area contributed by atoms with E-state index < -0.39 is 0 Å². The Morgan fingerprint density at radius 1 is 1.16 bits per heavy atom. The van der Waals surface area contributed by atoms with Gasteiger partial charge >= 0.3 is 6.01 Å². The number of hydrogen-bond donors (Lipinski definition) is 1. The first-order valence-electron chi connectivity index (χ1n) is 7.98. The third kappa shape index (κ3) is 4.47. The lowest BCUT2D eigenvalue weighted by Crippen LogP contribution is -2.01. The zero-order chi connectivity index (χ0) is 17.6. The quantitative estimate of drug-likeness (QED) is 0.696. The Kier molecular flexibility index (Phi) is 5.13. The van der Waals surface area contributed by atoms with Gasteiger partial charge in [0, 0.05) is 30.8 Å². The number of nitrogens with zero attached hydrogens (tertiary/aromatic N) is 3. The second kappa shape index (κ2) is 7.65. The average molecular weight is 340 g/mol. The van der Waals surface area contributed by atoms with E-state index in [1.807, 2.05) is 44.2 Å². The Balaban J connectivity index is 1.57. The molecular weight excluding hydrogens is 320 g/mol. The maximum absolute atomic E-state index is 5.72. The summed E-state index contributed by atoms with van der Waals surface area (Å²) >= 11 is 0. The number of pyridine rings is 1. The molecule has 0 saturated carbocycles. The summed E-state index contributed by atoms with van der Waals surface area (Å²) < 4.78 is 16.0. The van der Waals surface area contributed by atoms with Crippen molar-refractivity contribution in [3.8, 4) is 17.4 Å². The highest BCUT2D eigenvalue weighted by Crippen LogP contribution is 2.24. The summed E-state index contributed by atoms with van der Waals surface area (Å²) in [6.45, 7) is 4.56. The largest absolute Gasteiger partial charge is 0.497 e. The van der Waals surface area contributed by atoms with Crippen LogP contribution in [-0.4, -0.2) is 22.2 Å². The van der Waals surface area contributed by atoms with Gasteiger partial charge in [-0.05, 0) is 17.7 Å². The summed E-state index contributed by atoms with van der Waals surface area (Å²) in [5.41, 5.74) is 0.974. The lowest BCUT2D eigenvalue weighted by atomic mass is 10.2. The second-order valence-corrected chi connectivity index (χ2v) is 5.75. The Bertz CT molecular complexity index is 815. The van der Waals surface area contributed by atoms with E-state index in [0.29, 0.717) is 30.0 Å². The first-order chi connectivity index (χ1) is 12.1. The standard InChI is InChI=1S/C18H20N4O3/c1-12(2)17-21-18(25-22-17)20-11-13-7-8-16(19-10-13)24-15-6-4-5-14(9-15)23-3/h4-10,12H,11H2,1-3H3,(H,20,21,22). The molecule has 25 heavy (non-hydrogen) atoms. The van der Waals surface area contributed by atoms with Gasteiger partial charge in [0.1, 0.15) is 11.5 Å². The van der Waals surface area contributed by atoms with Crippen molar-refractivity contribution in [3.63, 3.8) is 0 Å². The van der Waals surface area contributed by atoms with Crippen LogP contribution in [0.3, 0.4) is 0 Å². The molecule has 0 radical (unpaired) electrons. The summed E-state index contributed by atoms with van der Waals surface area (Å²) in [6, 6.07) is 11.5. The van der Waals surface area contributed by atoms with Crippen molar-refractivity contribution < 1.29 is 14.0 Å². The van der Waals surface area contributed by atoms with Crippen LogP contribution in [0.15, 0.2) is 47.1 Å². The van der Waals surface area contributed by atoms with Gasteiger partial charge in [-0.2, -0.15) is 4.98 Å². The molecule has 0 atom stereocenters. The minimum absolute atomic E-state index is 0.231. The Morgan fingerprint density at radius 3 is 2.68 bits per heavy atom. The van der Waals surface area contributed by atoms with Gasteiger partial charge in [0.2, 0.25) is 5.88 Å². The Labute approximate surface area is 146 Å². The highest BCUT2D eigenvalue weighted by atomic mass is 16.5. The molecule has 0 amide bonds. The van der Waals surface area contributed by atoms with Crippen LogP contribution < -0.4 is 14.8 Å². The van der Waals surface area contributed by atoms with Crippen molar-refractivity contribution in [1.29, 1.82) is 0 Å². The van der Waals surface area contributed by atoms with Gasteiger partial charge < -0.3 is 19.3 Å². The van der Waals surface area contributed by atoms with E-state index in [4.69, 9.17) is 14.0 Å². The Morgan fingerprint density at radius 2 is 2.00 bits per heavy atom. The van der Waals surface area contributed by atoms with Gasteiger partial charge in [-0.15, -0.1) is 0 Å². The molecule has 3 rings (SSSR count). The summed E-state index contributed by atoms with van der Waals surface area (Å²) in [6.07, 6.45) is 1.74. The topological polar surface area (TPSA) is 82.3 Å². The highest BCUT2D eigenvalue weighted by Gasteiger charge is 2.09. The van der Waals surface area contributed by atoms with Gasteiger partial charge in [-0.25, -0.2) is 4.98 Å². The monoisotopic (exact) mass is 340 g/mol. The summed E-state index contributed by atoms with van der Waals surface area (Å²) in [7, 11) is 1.62. The lowest BCUT2D eigenvalue weighted by Gasteiger charge is -2.07. The van der Waals surface area contributed by atoms with Crippen molar-refractivity contribution in [1.82, 2.24) is 15.1 Å². The van der Waals surface area contributed by atoms with Crippen LogP contribution in [0, 0.1) is 0 Å². The van der Waals surface area contributed by atoms with Crippen molar-refractivity contribution >= 4 is 6.01 Å². The van der Waals surface area contributed by atoms with E-state index in [-0.39, 0.29) is 5.92 Å². The van der Waals surface area contributed by atoms with E-state index in [1.54, 1.807) is 19.4 Å².